The van der Waals surface area contributed by atoms with Crippen molar-refractivity contribution in [1.29, 1.82) is 0 Å². The number of hydrogen-bond donors (Lipinski definition) is 1. The Balaban J connectivity index is 1.35. The minimum atomic E-state index is -0.299. The van der Waals surface area contributed by atoms with Crippen LogP contribution in [0.25, 0.3) is 5.69 Å². The molecule has 1 atom stereocenters. The van der Waals surface area contributed by atoms with Crippen molar-refractivity contribution in [3.05, 3.63) is 114 Å². The zero-order valence-electron chi connectivity index (χ0n) is 24.2. The number of fused-ring (bicyclic) bond motifs is 3. The van der Waals surface area contributed by atoms with E-state index in [-0.39, 0.29) is 42.4 Å². The first-order chi connectivity index (χ1) is 19.8. The van der Waals surface area contributed by atoms with Gasteiger partial charge in [-0.1, -0.05) is 88.4 Å². The lowest BCUT2D eigenvalue weighted by molar-refractivity contribution is -0.119. The smallest absolute Gasteiger partial charge is 0.316 e. The van der Waals surface area contributed by atoms with Crippen molar-refractivity contribution in [3.8, 4) is 5.69 Å². The van der Waals surface area contributed by atoms with Crippen LogP contribution in [0.1, 0.15) is 80.8 Å². The molecule has 0 bridgehead atoms. The second-order valence-corrected chi connectivity index (χ2v) is 11.8. The summed E-state index contributed by atoms with van der Waals surface area (Å²) < 4.78 is 2.17. The highest BCUT2D eigenvalue weighted by Crippen LogP contribution is 2.42. The highest BCUT2D eigenvalue weighted by Gasteiger charge is 2.40. The lowest BCUT2D eigenvalue weighted by Crippen LogP contribution is -2.48. The maximum atomic E-state index is 14.4. The molecule has 1 aliphatic carbocycles. The third kappa shape index (κ3) is 5.03. The molecule has 0 saturated heterocycles. The zero-order chi connectivity index (χ0) is 28.7. The minimum absolute atomic E-state index is 0.00966. The van der Waals surface area contributed by atoms with Gasteiger partial charge in [0.05, 0.1) is 17.1 Å². The van der Waals surface area contributed by atoms with Crippen LogP contribution in [0.15, 0.2) is 91.1 Å². The van der Waals surface area contributed by atoms with Crippen LogP contribution in [0, 0.1) is 0 Å². The highest BCUT2D eigenvalue weighted by molar-refractivity contribution is 6.02. The van der Waals surface area contributed by atoms with E-state index < -0.39 is 0 Å². The van der Waals surface area contributed by atoms with E-state index in [0.717, 1.165) is 52.3 Å². The molecule has 1 aromatic heterocycles. The standard InChI is InChI=1S/C35H38N4O2/c1-23(2)27-14-10-15-28(24(3)4)33(27)36-35(41)38(26-19-20-26)22-32(40)39-30-17-9-8-16-29(30)37-21-11-18-31(37)34(39)25-12-6-5-7-13-25/h5-18,21,23-24,26,34H,19-20,22H2,1-4H3,(H,36,41). The number of rotatable bonds is 7. The lowest BCUT2D eigenvalue weighted by Gasteiger charge is -2.39. The average Bonchev–Trinajstić information content (AvgIpc) is 3.70. The number of nitrogens with one attached hydrogen (secondary N) is 1. The number of amides is 3. The van der Waals surface area contributed by atoms with Crippen LogP contribution in [0.5, 0.6) is 0 Å². The number of nitrogens with zero attached hydrogens (tertiary/aromatic N) is 3. The van der Waals surface area contributed by atoms with Crippen molar-refractivity contribution in [2.45, 2.75) is 64.5 Å². The molecule has 1 N–H and O–H groups in total. The molecule has 1 saturated carbocycles. The van der Waals surface area contributed by atoms with Gasteiger partial charge in [0.25, 0.3) is 0 Å². The molecule has 4 aromatic rings. The van der Waals surface area contributed by atoms with E-state index in [1.807, 2.05) is 59.6 Å². The third-order valence-electron chi connectivity index (χ3n) is 8.26. The Morgan fingerprint density at radius 2 is 1.44 bits per heavy atom. The Kier molecular flexibility index (Phi) is 7.16. The predicted molar refractivity (Wildman–Crippen MR) is 165 cm³/mol. The van der Waals surface area contributed by atoms with Crippen LogP contribution in [0.3, 0.4) is 0 Å². The van der Waals surface area contributed by atoms with Crippen LogP contribution in [-0.4, -0.2) is 34.0 Å². The van der Waals surface area contributed by atoms with E-state index in [4.69, 9.17) is 0 Å². The van der Waals surface area contributed by atoms with Crippen LogP contribution >= 0.6 is 0 Å². The lowest BCUT2D eigenvalue weighted by atomic mass is 9.93. The Hall–Kier alpha value is -4.32. The first kappa shape index (κ1) is 26.9. The summed E-state index contributed by atoms with van der Waals surface area (Å²) in [6, 6.07) is 28.1. The molecule has 1 aliphatic heterocycles. The molecule has 6 heteroatoms. The fourth-order valence-corrected chi connectivity index (χ4v) is 6.06. The van der Waals surface area contributed by atoms with Gasteiger partial charge in [-0.05, 0) is 65.6 Å². The van der Waals surface area contributed by atoms with Crippen molar-refractivity contribution >= 4 is 23.3 Å². The summed E-state index contributed by atoms with van der Waals surface area (Å²) >= 11 is 0. The summed E-state index contributed by atoms with van der Waals surface area (Å²) in [6.07, 6.45) is 3.87. The van der Waals surface area contributed by atoms with E-state index in [9.17, 15) is 9.59 Å². The van der Waals surface area contributed by atoms with Crippen LogP contribution < -0.4 is 10.2 Å². The topological polar surface area (TPSA) is 57.6 Å². The maximum Gasteiger partial charge on any atom is 0.322 e. The zero-order valence-corrected chi connectivity index (χ0v) is 24.2. The summed E-state index contributed by atoms with van der Waals surface area (Å²) in [5.41, 5.74) is 6.97. The molecule has 0 radical (unpaired) electrons. The summed E-state index contributed by atoms with van der Waals surface area (Å²) in [5, 5.41) is 3.26. The molecule has 1 unspecified atom stereocenters. The summed E-state index contributed by atoms with van der Waals surface area (Å²) in [4.78, 5) is 32.0. The van der Waals surface area contributed by atoms with Crippen molar-refractivity contribution in [2.75, 3.05) is 16.8 Å². The third-order valence-corrected chi connectivity index (χ3v) is 8.26. The minimum Gasteiger partial charge on any atom is -0.316 e. The van der Waals surface area contributed by atoms with E-state index in [1.54, 1.807) is 4.90 Å². The van der Waals surface area contributed by atoms with E-state index in [1.165, 1.54) is 0 Å². The number of anilines is 2. The van der Waals surface area contributed by atoms with Gasteiger partial charge in [0.1, 0.15) is 12.6 Å². The Bertz CT molecular complexity index is 1540. The molecule has 3 aromatic carbocycles. The van der Waals surface area contributed by atoms with Gasteiger partial charge in [0.15, 0.2) is 0 Å². The molecule has 210 valence electrons. The molecule has 0 spiro atoms. The highest BCUT2D eigenvalue weighted by atomic mass is 16.2. The number of benzene rings is 3. The number of carbonyl (C=O) groups excluding carboxylic acids is 2. The summed E-state index contributed by atoms with van der Waals surface area (Å²) in [7, 11) is 0. The largest absolute Gasteiger partial charge is 0.322 e. The fraction of sp³-hybridized carbons (Fsp3) is 0.314. The number of aromatic nitrogens is 1. The molecule has 6 rings (SSSR count). The van der Waals surface area contributed by atoms with Crippen LogP contribution in [0.2, 0.25) is 0 Å². The normalized spacial score (nSPS) is 16.0. The summed E-state index contributed by atoms with van der Waals surface area (Å²) in [6.45, 7) is 8.58. The number of urea groups is 1. The Labute approximate surface area is 242 Å². The van der Waals surface area contributed by atoms with Gasteiger partial charge in [-0.25, -0.2) is 4.79 Å². The van der Waals surface area contributed by atoms with Gasteiger partial charge in [-0.3, -0.25) is 9.69 Å². The van der Waals surface area contributed by atoms with Gasteiger partial charge in [-0.15, -0.1) is 0 Å². The van der Waals surface area contributed by atoms with Gasteiger partial charge >= 0.3 is 6.03 Å². The van der Waals surface area contributed by atoms with Crippen molar-refractivity contribution < 1.29 is 9.59 Å². The summed E-state index contributed by atoms with van der Waals surface area (Å²) in [5.74, 6) is 0.419. The van der Waals surface area contributed by atoms with Crippen molar-refractivity contribution in [3.63, 3.8) is 0 Å². The quantitative estimate of drug-likeness (QED) is 0.257. The SMILES string of the molecule is CC(C)c1cccc(C(C)C)c1NC(=O)N(CC(=O)N1c2ccccc2-n2cccc2C1c1ccccc1)C1CC1. The van der Waals surface area contributed by atoms with Gasteiger partial charge in [0, 0.05) is 17.9 Å². The predicted octanol–water partition coefficient (Wildman–Crippen LogP) is 7.86. The van der Waals surface area contributed by atoms with E-state index in [2.05, 4.69) is 74.0 Å². The number of hydrogen-bond acceptors (Lipinski definition) is 2. The Morgan fingerprint density at radius 3 is 2.07 bits per heavy atom. The molecular weight excluding hydrogens is 508 g/mol. The Morgan fingerprint density at radius 1 is 0.805 bits per heavy atom. The number of para-hydroxylation sites is 3. The second kappa shape index (κ2) is 10.9. The van der Waals surface area contributed by atoms with Gasteiger partial charge in [0.2, 0.25) is 5.91 Å². The van der Waals surface area contributed by atoms with E-state index in [0.29, 0.717) is 0 Å². The first-order valence-corrected chi connectivity index (χ1v) is 14.7. The molecule has 1 fully saturated rings. The van der Waals surface area contributed by atoms with Crippen LogP contribution in [0.4, 0.5) is 16.2 Å². The van der Waals surface area contributed by atoms with Gasteiger partial charge < -0.3 is 14.8 Å². The number of carbonyl (C=O) groups is 2. The van der Waals surface area contributed by atoms with Crippen molar-refractivity contribution in [2.24, 2.45) is 0 Å². The molecule has 3 amide bonds. The van der Waals surface area contributed by atoms with Crippen LogP contribution in [-0.2, 0) is 4.79 Å². The maximum absolute atomic E-state index is 14.4. The van der Waals surface area contributed by atoms with Crippen molar-refractivity contribution in [1.82, 2.24) is 9.47 Å². The van der Waals surface area contributed by atoms with Gasteiger partial charge in [-0.2, -0.15) is 0 Å². The molecular formula is C35H38N4O2. The molecule has 2 aliphatic rings. The monoisotopic (exact) mass is 546 g/mol. The molecule has 41 heavy (non-hydrogen) atoms. The van der Waals surface area contributed by atoms with E-state index >= 15 is 0 Å². The molecule has 2 heterocycles. The fourth-order valence-electron chi connectivity index (χ4n) is 6.06. The average molecular weight is 547 g/mol. The molecule has 6 nitrogen and oxygen atoms in total. The second-order valence-electron chi connectivity index (χ2n) is 11.8. The first-order valence-electron chi connectivity index (χ1n) is 14.7.